The molecule has 6 nitrogen and oxygen atoms in total. The van der Waals surface area contributed by atoms with E-state index in [1.54, 1.807) is 4.90 Å². The lowest BCUT2D eigenvalue weighted by Crippen LogP contribution is -2.38. The highest BCUT2D eigenvalue weighted by Crippen LogP contribution is 2.26. The molecule has 0 aromatic heterocycles. The van der Waals surface area contributed by atoms with Crippen LogP contribution in [-0.4, -0.2) is 30.9 Å². The number of carbonyl (C=O) groups excluding carboxylic acids is 3. The van der Waals surface area contributed by atoms with E-state index in [4.69, 9.17) is 4.74 Å². The monoisotopic (exact) mass is 370 g/mol. The molecule has 1 N–H and O–H groups in total. The number of para-hydroxylation sites is 1. The van der Waals surface area contributed by atoms with Gasteiger partial charge >= 0.3 is 5.97 Å². The Labute approximate surface area is 155 Å². The Bertz CT molecular complexity index is 897. The maximum absolute atomic E-state index is 13.9. The smallest absolute Gasteiger partial charge is 0.341 e. The summed E-state index contributed by atoms with van der Waals surface area (Å²) in [5.74, 6) is -2.46. The van der Waals surface area contributed by atoms with Crippen LogP contribution in [0.1, 0.15) is 29.3 Å². The van der Waals surface area contributed by atoms with Gasteiger partial charge in [0.25, 0.3) is 5.91 Å². The first kappa shape index (κ1) is 18.6. The van der Waals surface area contributed by atoms with Crippen molar-refractivity contribution in [1.29, 1.82) is 0 Å². The van der Waals surface area contributed by atoms with Crippen LogP contribution in [0.15, 0.2) is 42.5 Å². The molecule has 1 heterocycles. The van der Waals surface area contributed by atoms with Gasteiger partial charge in [0.05, 0.1) is 5.56 Å². The van der Waals surface area contributed by atoms with E-state index in [0.717, 1.165) is 30.2 Å². The number of fused-ring (bicyclic) bond motifs is 1. The van der Waals surface area contributed by atoms with E-state index in [9.17, 15) is 18.8 Å². The van der Waals surface area contributed by atoms with Crippen LogP contribution in [0.3, 0.4) is 0 Å². The van der Waals surface area contributed by atoms with Gasteiger partial charge in [-0.15, -0.1) is 0 Å². The van der Waals surface area contributed by atoms with Crippen LogP contribution in [-0.2, 0) is 20.7 Å². The van der Waals surface area contributed by atoms with E-state index in [-0.39, 0.29) is 23.1 Å². The minimum atomic E-state index is -0.960. The van der Waals surface area contributed by atoms with Crippen molar-refractivity contribution in [2.45, 2.75) is 19.8 Å². The number of amides is 2. The molecule has 2 aromatic carbocycles. The Hall–Kier alpha value is -3.22. The Morgan fingerprint density at radius 2 is 1.96 bits per heavy atom. The SMILES string of the molecule is CC(=O)Nc1ccc(F)c(C(=O)OCC(=O)N2CCCc3ccccc32)c1. The summed E-state index contributed by atoms with van der Waals surface area (Å²) in [5, 5.41) is 2.47. The fourth-order valence-corrected chi connectivity index (χ4v) is 3.04. The summed E-state index contributed by atoms with van der Waals surface area (Å²) in [6.07, 6.45) is 1.71. The van der Waals surface area contributed by atoms with E-state index in [1.807, 2.05) is 24.3 Å². The van der Waals surface area contributed by atoms with Gasteiger partial charge in [-0.3, -0.25) is 9.59 Å². The second-order valence-corrected chi connectivity index (χ2v) is 6.23. The number of rotatable bonds is 4. The molecule has 0 radical (unpaired) electrons. The molecule has 0 fully saturated rings. The lowest BCUT2D eigenvalue weighted by atomic mass is 10.0. The van der Waals surface area contributed by atoms with Gasteiger partial charge in [-0.25, -0.2) is 9.18 Å². The molecule has 140 valence electrons. The van der Waals surface area contributed by atoms with Gasteiger partial charge in [0.2, 0.25) is 5.91 Å². The van der Waals surface area contributed by atoms with Crippen molar-refractivity contribution >= 4 is 29.2 Å². The number of ether oxygens (including phenoxy) is 1. The first-order chi connectivity index (χ1) is 13.0. The molecule has 7 heteroatoms. The van der Waals surface area contributed by atoms with Crippen molar-refractivity contribution in [3.63, 3.8) is 0 Å². The van der Waals surface area contributed by atoms with Gasteiger partial charge in [0.1, 0.15) is 5.82 Å². The Balaban J connectivity index is 1.68. The number of carbonyl (C=O) groups is 3. The van der Waals surface area contributed by atoms with Crippen molar-refractivity contribution in [2.24, 2.45) is 0 Å². The number of hydrogen-bond donors (Lipinski definition) is 1. The third kappa shape index (κ3) is 4.31. The van der Waals surface area contributed by atoms with E-state index in [0.29, 0.717) is 6.54 Å². The first-order valence-corrected chi connectivity index (χ1v) is 8.58. The number of halogens is 1. The van der Waals surface area contributed by atoms with E-state index in [1.165, 1.54) is 19.1 Å². The number of aryl methyl sites for hydroxylation is 1. The maximum atomic E-state index is 13.9. The summed E-state index contributed by atoms with van der Waals surface area (Å²) >= 11 is 0. The minimum absolute atomic E-state index is 0.270. The molecule has 0 saturated carbocycles. The quantitative estimate of drug-likeness (QED) is 0.840. The average Bonchev–Trinajstić information content (AvgIpc) is 2.66. The summed E-state index contributed by atoms with van der Waals surface area (Å²) < 4.78 is 18.9. The fraction of sp³-hybridized carbons (Fsp3) is 0.250. The van der Waals surface area contributed by atoms with Gasteiger partial charge in [-0.05, 0) is 42.7 Å². The first-order valence-electron chi connectivity index (χ1n) is 8.58. The summed E-state index contributed by atoms with van der Waals surface area (Å²) in [7, 11) is 0. The van der Waals surface area contributed by atoms with E-state index in [2.05, 4.69) is 5.32 Å². The molecule has 0 spiro atoms. The zero-order valence-electron chi connectivity index (χ0n) is 14.8. The van der Waals surface area contributed by atoms with Crippen LogP contribution in [0.5, 0.6) is 0 Å². The van der Waals surface area contributed by atoms with E-state index < -0.39 is 18.4 Å². The van der Waals surface area contributed by atoms with Gasteiger partial charge in [0.15, 0.2) is 6.61 Å². The highest BCUT2D eigenvalue weighted by atomic mass is 19.1. The molecule has 0 unspecified atom stereocenters. The van der Waals surface area contributed by atoms with Gasteiger partial charge in [0, 0.05) is 24.8 Å². The van der Waals surface area contributed by atoms with Crippen LogP contribution in [0.4, 0.5) is 15.8 Å². The lowest BCUT2D eigenvalue weighted by Gasteiger charge is -2.29. The predicted octanol–water partition coefficient (Wildman–Crippen LogP) is 2.92. The largest absolute Gasteiger partial charge is 0.452 e. The number of hydrogen-bond acceptors (Lipinski definition) is 4. The predicted molar refractivity (Wildman–Crippen MR) is 98.1 cm³/mol. The third-order valence-electron chi connectivity index (χ3n) is 4.24. The molecule has 0 atom stereocenters. The molecule has 0 aliphatic carbocycles. The highest BCUT2D eigenvalue weighted by Gasteiger charge is 2.24. The molecular formula is C20H19FN2O4. The van der Waals surface area contributed by atoms with Crippen LogP contribution in [0.25, 0.3) is 0 Å². The van der Waals surface area contributed by atoms with Gasteiger partial charge < -0.3 is 15.0 Å². The van der Waals surface area contributed by atoms with Crippen LogP contribution < -0.4 is 10.2 Å². The topological polar surface area (TPSA) is 75.7 Å². The standard InChI is InChI=1S/C20H19FN2O4/c1-13(24)22-15-8-9-17(21)16(11-15)20(26)27-12-19(25)23-10-4-6-14-5-2-3-7-18(14)23/h2-3,5,7-9,11H,4,6,10,12H2,1H3,(H,22,24). The van der Waals surface area contributed by atoms with Crippen molar-refractivity contribution in [2.75, 3.05) is 23.4 Å². The van der Waals surface area contributed by atoms with Gasteiger partial charge in [-0.2, -0.15) is 0 Å². The lowest BCUT2D eigenvalue weighted by molar-refractivity contribution is -0.121. The Kier molecular flexibility index (Phi) is 5.49. The number of nitrogens with zero attached hydrogens (tertiary/aromatic N) is 1. The van der Waals surface area contributed by atoms with Crippen molar-refractivity contribution in [1.82, 2.24) is 0 Å². The maximum Gasteiger partial charge on any atom is 0.341 e. The van der Waals surface area contributed by atoms with Crippen LogP contribution >= 0.6 is 0 Å². The molecule has 2 amide bonds. The number of benzene rings is 2. The Morgan fingerprint density at radius 1 is 1.19 bits per heavy atom. The van der Waals surface area contributed by atoms with E-state index >= 15 is 0 Å². The molecule has 1 aliphatic heterocycles. The summed E-state index contributed by atoms with van der Waals surface area (Å²) in [5.41, 5.74) is 1.81. The molecule has 3 rings (SSSR count). The van der Waals surface area contributed by atoms with Gasteiger partial charge in [-0.1, -0.05) is 18.2 Å². The number of nitrogens with one attached hydrogen (secondary N) is 1. The molecule has 2 aromatic rings. The Morgan fingerprint density at radius 3 is 2.74 bits per heavy atom. The third-order valence-corrected chi connectivity index (χ3v) is 4.24. The van der Waals surface area contributed by atoms with Crippen molar-refractivity contribution in [3.05, 3.63) is 59.4 Å². The van der Waals surface area contributed by atoms with Crippen LogP contribution in [0.2, 0.25) is 0 Å². The second-order valence-electron chi connectivity index (χ2n) is 6.23. The summed E-state index contributed by atoms with van der Waals surface area (Å²) in [4.78, 5) is 37.4. The highest BCUT2D eigenvalue weighted by molar-refractivity contribution is 5.98. The molecule has 0 bridgehead atoms. The van der Waals surface area contributed by atoms with Crippen molar-refractivity contribution in [3.8, 4) is 0 Å². The molecule has 27 heavy (non-hydrogen) atoms. The number of esters is 1. The molecule has 0 saturated heterocycles. The van der Waals surface area contributed by atoms with Crippen LogP contribution in [0, 0.1) is 5.82 Å². The normalized spacial score (nSPS) is 12.9. The van der Waals surface area contributed by atoms with Crippen molar-refractivity contribution < 1.29 is 23.5 Å². The zero-order chi connectivity index (χ0) is 19.4. The average molecular weight is 370 g/mol. The second kappa shape index (κ2) is 7.99. The molecule has 1 aliphatic rings. The minimum Gasteiger partial charge on any atom is -0.452 e. The summed E-state index contributed by atoms with van der Waals surface area (Å²) in [6.45, 7) is 1.35. The molecular weight excluding hydrogens is 351 g/mol. The fourth-order valence-electron chi connectivity index (χ4n) is 3.04. The summed E-state index contributed by atoms with van der Waals surface area (Å²) in [6, 6.07) is 11.2. The zero-order valence-corrected chi connectivity index (χ0v) is 14.8. The number of anilines is 2.